The summed E-state index contributed by atoms with van der Waals surface area (Å²) in [7, 11) is 0. The van der Waals surface area contributed by atoms with Crippen LogP contribution in [0, 0.1) is 0 Å². The number of amides is 2. The smallest absolute Gasteiger partial charge is 0.278 e. The Bertz CT molecular complexity index is 492. The molecule has 110 valence electrons. The van der Waals surface area contributed by atoms with Crippen LogP contribution >= 0.6 is 27.3 Å². The zero-order valence-corrected chi connectivity index (χ0v) is 13.8. The van der Waals surface area contributed by atoms with E-state index in [0.717, 1.165) is 15.2 Å². The van der Waals surface area contributed by atoms with Gasteiger partial charge >= 0.3 is 0 Å². The van der Waals surface area contributed by atoms with Crippen LogP contribution in [0.4, 0.5) is 0 Å². The van der Waals surface area contributed by atoms with Crippen molar-refractivity contribution in [1.82, 2.24) is 10.2 Å². The third-order valence-electron chi connectivity index (χ3n) is 3.32. The summed E-state index contributed by atoms with van der Waals surface area (Å²) in [5.41, 5.74) is 0. The van der Waals surface area contributed by atoms with Gasteiger partial charge in [0.05, 0.1) is 23.4 Å². The standard InChI is InChI=1S/C13H18BrN3O2S/c1-2-17(7-10-3-4-11(14)20-10)13(19)9-16-6-5-15-12(18)8-16/h3-4H,2,5-9H2,1H3,(H,15,18)/p+1. The number of nitrogens with one attached hydrogen (secondary N) is 2. The Labute approximate surface area is 131 Å². The van der Waals surface area contributed by atoms with Gasteiger partial charge in [-0.25, -0.2) is 0 Å². The van der Waals surface area contributed by atoms with Gasteiger partial charge in [0.1, 0.15) is 0 Å². The van der Waals surface area contributed by atoms with Crippen LogP contribution < -0.4 is 10.2 Å². The molecule has 1 aromatic heterocycles. The molecule has 0 spiro atoms. The second-order valence-electron chi connectivity index (χ2n) is 4.82. The zero-order chi connectivity index (χ0) is 14.5. The summed E-state index contributed by atoms with van der Waals surface area (Å²) in [5, 5.41) is 2.78. The lowest BCUT2D eigenvalue weighted by atomic mass is 10.3. The van der Waals surface area contributed by atoms with Gasteiger partial charge in [-0.3, -0.25) is 9.59 Å². The van der Waals surface area contributed by atoms with E-state index in [1.807, 2.05) is 24.0 Å². The molecule has 0 radical (unpaired) electrons. The third kappa shape index (κ3) is 4.29. The number of carbonyl (C=O) groups is 2. The maximum Gasteiger partial charge on any atom is 0.278 e. The Kier molecular flexibility index (Phi) is 5.56. The Balaban J connectivity index is 1.89. The molecule has 0 saturated carbocycles. The highest BCUT2D eigenvalue weighted by molar-refractivity contribution is 9.11. The van der Waals surface area contributed by atoms with Gasteiger partial charge in [0, 0.05) is 11.4 Å². The van der Waals surface area contributed by atoms with Crippen molar-refractivity contribution < 1.29 is 14.5 Å². The molecule has 7 heteroatoms. The van der Waals surface area contributed by atoms with Gasteiger partial charge in [0.15, 0.2) is 13.1 Å². The van der Waals surface area contributed by atoms with E-state index in [4.69, 9.17) is 0 Å². The van der Waals surface area contributed by atoms with Gasteiger partial charge < -0.3 is 15.1 Å². The summed E-state index contributed by atoms with van der Waals surface area (Å²) in [4.78, 5) is 27.7. The lowest BCUT2D eigenvalue weighted by molar-refractivity contribution is -0.885. The van der Waals surface area contributed by atoms with Gasteiger partial charge in [0.2, 0.25) is 0 Å². The molecule has 1 unspecified atom stereocenters. The number of hydrogen-bond donors (Lipinski definition) is 2. The molecular weight excluding hydrogens is 342 g/mol. The second kappa shape index (κ2) is 7.19. The molecule has 0 aromatic carbocycles. The van der Waals surface area contributed by atoms with E-state index in [1.165, 1.54) is 4.88 Å². The Morgan fingerprint density at radius 3 is 2.95 bits per heavy atom. The number of piperazine rings is 1. The van der Waals surface area contributed by atoms with Crippen LogP contribution in [-0.2, 0) is 16.1 Å². The molecular formula is C13H19BrN3O2S+. The normalized spacial score (nSPS) is 18.7. The largest absolute Gasteiger partial charge is 0.346 e. The number of halogens is 1. The average molecular weight is 361 g/mol. The fraction of sp³-hybridized carbons (Fsp3) is 0.538. The van der Waals surface area contributed by atoms with Gasteiger partial charge in [-0.2, -0.15) is 0 Å². The predicted molar refractivity (Wildman–Crippen MR) is 81.7 cm³/mol. The van der Waals surface area contributed by atoms with E-state index < -0.39 is 0 Å². The van der Waals surface area contributed by atoms with Crippen LogP contribution in [0.3, 0.4) is 0 Å². The fourth-order valence-electron chi connectivity index (χ4n) is 2.23. The number of quaternary nitrogens is 1. The van der Waals surface area contributed by atoms with E-state index in [9.17, 15) is 9.59 Å². The summed E-state index contributed by atoms with van der Waals surface area (Å²) in [6, 6.07) is 4.03. The molecule has 5 nitrogen and oxygen atoms in total. The van der Waals surface area contributed by atoms with Crippen molar-refractivity contribution >= 4 is 39.1 Å². The van der Waals surface area contributed by atoms with E-state index in [2.05, 4.69) is 21.2 Å². The number of nitrogens with zero attached hydrogens (tertiary/aromatic N) is 1. The third-order valence-corrected chi connectivity index (χ3v) is 4.93. The van der Waals surface area contributed by atoms with Crippen LogP contribution in [0.5, 0.6) is 0 Å². The summed E-state index contributed by atoms with van der Waals surface area (Å²) in [6.07, 6.45) is 0. The van der Waals surface area contributed by atoms with Crippen molar-refractivity contribution in [3.63, 3.8) is 0 Å². The Hall–Kier alpha value is -0.920. The number of likely N-dealkylation sites (N-methyl/N-ethyl adjacent to an activating group) is 1. The van der Waals surface area contributed by atoms with Crippen LogP contribution in [-0.4, -0.2) is 49.4 Å². The molecule has 2 N–H and O–H groups in total. The minimum atomic E-state index is 0.0317. The SMILES string of the molecule is CCN(Cc1ccc(Br)s1)C(=O)C[NH+]1CCNC(=O)C1. The van der Waals surface area contributed by atoms with Gasteiger partial charge in [-0.05, 0) is 35.0 Å². The van der Waals surface area contributed by atoms with E-state index in [1.54, 1.807) is 11.3 Å². The first kappa shape index (κ1) is 15.5. The monoisotopic (exact) mass is 360 g/mol. The van der Waals surface area contributed by atoms with Crippen LogP contribution in [0.1, 0.15) is 11.8 Å². The molecule has 0 aliphatic carbocycles. The predicted octanol–water partition coefficient (Wildman–Crippen LogP) is -0.126. The molecule has 2 heterocycles. The van der Waals surface area contributed by atoms with Gasteiger partial charge in [-0.15, -0.1) is 11.3 Å². The summed E-state index contributed by atoms with van der Waals surface area (Å²) in [5.74, 6) is 0.144. The van der Waals surface area contributed by atoms with E-state index in [-0.39, 0.29) is 11.8 Å². The molecule has 1 saturated heterocycles. The highest BCUT2D eigenvalue weighted by atomic mass is 79.9. The summed E-state index contributed by atoms with van der Waals surface area (Å²) < 4.78 is 1.08. The summed E-state index contributed by atoms with van der Waals surface area (Å²) >= 11 is 5.08. The summed E-state index contributed by atoms with van der Waals surface area (Å²) in [6.45, 7) is 5.59. The molecule has 20 heavy (non-hydrogen) atoms. The quantitative estimate of drug-likeness (QED) is 0.768. The number of thiophene rings is 1. The average Bonchev–Trinajstić information content (AvgIpc) is 2.81. The molecule has 0 bridgehead atoms. The molecule has 1 fully saturated rings. The maximum atomic E-state index is 12.3. The van der Waals surface area contributed by atoms with Crippen LogP contribution in [0.2, 0.25) is 0 Å². The maximum absolute atomic E-state index is 12.3. The Morgan fingerprint density at radius 2 is 2.35 bits per heavy atom. The van der Waals surface area contributed by atoms with Crippen molar-refractivity contribution in [2.24, 2.45) is 0 Å². The number of rotatable bonds is 5. The fourth-order valence-corrected chi connectivity index (χ4v) is 3.73. The number of hydrogen-bond acceptors (Lipinski definition) is 3. The van der Waals surface area contributed by atoms with Crippen molar-refractivity contribution in [2.45, 2.75) is 13.5 Å². The minimum absolute atomic E-state index is 0.0317. The van der Waals surface area contributed by atoms with E-state index in [0.29, 0.717) is 32.7 Å². The first-order valence-corrected chi connectivity index (χ1v) is 8.31. The topological polar surface area (TPSA) is 53.9 Å². The van der Waals surface area contributed by atoms with Crippen molar-refractivity contribution in [3.05, 3.63) is 20.8 Å². The van der Waals surface area contributed by atoms with Crippen molar-refractivity contribution in [3.8, 4) is 0 Å². The highest BCUT2D eigenvalue weighted by Gasteiger charge is 2.24. The van der Waals surface area contributed by atoms with Crippen molar-refractivity contribution in [1.29, 1.82) is 0 Å². The lowest BCUT2D eigenvalue weighted by Crippen LogP contribution is -3.16. The van der Waals surface area contributed by atoms with Crippen molar-refractivity contribution in [2.75, 3.05) is 32.7 Å². The first-order chi connectivity index (χ1) is 9.58. The molecule has 2 amide bonds. The first-order valence-electron chi connectivity index (χ1n) is 6.70. The lowest BCUT2D eigenvalue weighted by Gasteiger charge is -2.26. The number of carbonyl (C=O) groups excluding carboxylic acids is 2. The molecule has 1 aliphatic heterocycles. The molecule has 1 aliphatic rings. The molecule has 1 atom stereocenters. The minimum Gasteiger partial charge on any atom is -0.346 e. The molecule has 1 aromatic rings. The van der Waals surface area contributed by atoms with Crippen LogP contribution in [0.25, 0.3) is 0 Å². The van der Waals surface area contributed by atoms with Gasteiger partial charge in [0.25, 0.3) is 11.8 Å². The van der Waals surface area contributed by atoms with Crippen LogP contribution in [0.15, 0.2) is 15.9 Å². The Morgan fingerprint density at radius 1 is 1.55 bits per heavy atom. The van der Waals surface area contributed by atoms with E-state index >= 15 is 0 Å². The van der Waals surface area contributed by atoms with Gasteiger partial charge in [-0.1, -0.05) is 0 Å². The second-order valence-corrected chi connectivity index (χ2v) is 7.36. The zero-order valence-electron chi connectivity index (χ0n) is 11.4. The molecule has 2 rings (SSSR count). The highest BCUT2D eigenvalue weighted by Crippen LogP contribution is 2.23.